The number of carbonyl (C=O) groups is 1. The molecule has 1 aromatic carbocycles. The predicted molar refractivity (Wildman–Crippen MR) is 89.1 cm³/mol. The summed E-state index contributed by atoms with van der Waals surface area (Å²) in [5.41, 5.74) is 0.241. The van der Waals surface area contributed by atoms with Crippen molar-refractivity contribution in [1.29, 1.82) is 0 Å². The van der Waals surface area contributed by atoms with Crippen LogP contribution in [0.1, 0.15) is 41.4 Å². The summed E-state index contributed by atoms with van der Waals surface area (Å²) in [4.78, 5) is 24.0. The third-order valence-electron chi connectivity index (χ3n) is 3.90. The molecule has 0 unspecified atom stereocenters. The van der Waals surface area contributed by atoms with Gasteiger partial charge < -0.3 is 9.15 Å². The van der Waals surface area contributed by atoms with Gasteiger partial charge in [0.05, 0.1) is 11.6 Å². The Hall–Kier alpha value is -2.61. The number of benzene rings is 1. The Bertz CT molecular complexity index is 1010. The molecule has 8 heteroatoms. The van der Waals surface area contributed by atoms with Crippen LogP contribution in [-0.2, 0) is 10.0 Å². The molecule has 2 aromatic rings. The van der Waals surface area contributed by atoms with E-state index in [1.165, 1.54) is 12.1 Å². The summed E-state index contributed by atoms with van der Waals surface area (Å²) < 4.78 is 36.2. The van der Waals surface area contributed by atoms with Crippen molar-refractivity contribution in [3.63, 3.8) is 0 Å². The van der Waals surface area contributed by atoms with Crippen molar-refractivity contribution in [2.45, 2.75) is 31.6 Å². The van der Waals surface area contributed by atoms with E-state index in [9.17, 15) is 18.0 Å². The number of fused-ring (bicyclic) bond motifs is 1. The van der Waals surface area contributed by atoms with E-state index < -0.39 is 28.3 Å². The van der Waals surface area contributed by atoms with E-state index in [0.717, 1.165) is 6.07 Å². The second-order valence-electron chi connectivity index (χ2n) is 6.03. The van der Waals surface area contributed by atoms with Gasteiger partial charge in [-0.25, -0.2) is 13.2 Å². The Morgan fingerprint density at radius 3 is 2.56 bits per heavy atom. The summed E-state index contributed by atoms with van der Waals surface area (Å²) in [6.07, 6.45) is 0. The van der Waals surface area contributed by atoms with E-state index in [1.807, 2.05) is 13.8 Å². The molecule has 0 aliphatic carbocycles. The first-order valence-corrected chi connectivity index (χ1v) is 9.10. The highest BCUT2D eigenvalue weighted by Crippen LogP contribution is 2.35. The zero-order valence-electron chi connectivity index (χ0n) is 14.0. The maximum atomic E-state index is 12.7. The second kappa shape index (κ2) is 6.03. The van der Waals surface area contributed by atoms with Gasteiger partial charge in [-0.15, -0.1) is 0 Å². The van der Waals surface area contributed by atoms with E-state index in [0.29, 0.717) is 15.6 Å². The largest absolute Gasteiger partial charge is 0.472 e. The Morgan fingerprint density at radius 1 is 1.20 bits per heavy atom. The lowest BCUT2D eigenvalue weighted by Crippen LogP contribution is -2.34. The average molecular weight is 363 g/mol. The molecular formula is C17H17NO6S. The lowest BCUT2D eigenvalue weighted by Gasteiger charge is -2.16. The molecule has 3 rings (SSSR count). The molecule has 7 nitrogen and oxygen atoms in total. The number of nitrogens with zero attached hydrogens (tertiary/aromatic N) is 1. The number of hydrogen-bond donors (Lipinski definition) is 0. The highest BCUT2D eigenvalue weighted by molar-refractivity contribution is 7.90. The lowest BCUT2D eigenvalue weighted by molar-refractivity contribution is 0.0788. The van der Waals surface area contributed by atoms with Crippen molar-refractivity contribution >= 4 is 15.9 Å². The highest BCUT2D eigenvalue weighted by atomic mass is 32.2. The maximum absolute atomic E-state index is 12.7. The highest BCUT2D eigenvalue weighted by Gasteiger charge is 2.43. The van der Waals surface area contributed by atoms with Crippen LogP contribution in [0.3, 0.4) is 0 Å². The molecule has 0 radical (unpaired) electrons. The van der Waals surface area contributed by atoms with E-state index in [-0.39, 0.29) is 22.1 Å². The van der Waals surface area contributed by atoms with Crippen molar-refractivity contribution in [3.05, 3.63) is 57.6 Å². The fraction of sp³-hybridized carbons (Fsp3) is 0.294. The maximum Gasteiger partial charge on any atom is 0.339 e. The van der Waals surface area contributed by atoms with E-state index in [1.54, 1.807) is 19.1 Å². The minimum Gasteiger partial charge on any atom is -0.472 e. The van der Waals surface area contributed by atoms with Gasteiger partial charge in [0.1, 0.15) is 16.4 Å². The molecular weight excluding hydrogens is 346 g/mol. The summed E-state index contributed by atoms with van der Waals surface area (Å²) in [7, 11) is -3.98. The zero-order valence-corrected chi connectivity index (χ0v) is 14.8. The van der Waals surface area contributed by atoms with Gasteiger partial charge in [-0.05, 0) is 24.5 Å². The Labute approximate surface area is 144 Å². The van der Waals surface area contributed by atoms with Crippen molar-refractivity contribution in [1.82, 2.24) is 4.31 Å². The van der Waals surface area contributed by atoms with Gasteiger partial charge in [0.25, 0.3) is 15.9 Å². The molecule has 1 aliphatic heterocycles. The van der Waals surface area contributed by atoms with Crippen LogP contribution in [0, 0.1) is 6.92 Å². The van der Waals surface area contributed by atoms with Gasteiger partial charge in [0.15, 0.2) is 6.73 Å². The molecule has 25 heavy (non-hydrogen) atoms. The Balaban J connectivity index is 1.95. The lowest BCUT2D eigenvalue weighted by atomic mass is 9.97. The molecule has 132 valence electrons. The molecule has 0 spiro atoms. The van der Waals surface area contributed by atoms with Crippen LogP contribution in [0.4, 0.5) is 0 Å². The molecule has 1 amide bonds. The minimum atomic E-state index is -3.98. The first kappa shape index (κ1) is 17.2. The topological polar surface area (TPSA) is 93.9 Å². The van der Waals surface area contributed by atoms with Crippen molar-refractivity contribution in [2.75, 3.05) is 6.73 Å². The monoisotopic (exact) mass is 363 g/mol. The van der Waals surface area contributed by atoms with Crippen LogP contribution in [0.5, 0.6) is 5.75 Å². The van der Waals surface area contributed by atoms with Crippen LogP contribution in [-0.4, -0.2) is 25.4 Å². The standard InChI is InChI=1S/C17H17NO6S/c1-10(2)13-5-4-6-14-16(13)17(20)18(25(14,21)22)9-23-12-7-11(3)24-15(19)8-12/h4-8,10H,9H2,1-3H3. The molecule has 0 saturated heterocycles. The number of hydrogen-bond acceptors (Lipinski definition) is 6. The van der Waals surface area contributed by atoms with Crippen molar-refractivity contribution < 1.29 is 22.4 Å². The quantitative estimate of drug-likeness (QED) is 0.827. The molecule has 0 saturated carbocycles. The SMILES string of the molecule is Cc1cc(OCN2C(=O)c3c(C(C)C)cccc3S2(=O)=O)cc(=O)o1. The molecule has 2 heterocycles. The molecule has 0 atom stereocenters. The summed E-state index contributed by atoms with van der Waals surface area (Å²) in [5.74, 6) is -0.171. The van der Waals surface area contributed by atoms with Gasteiger partial charge in [0.2, 0.25) is 0 Å². The Kier molecular flexibility index (Phi) is 4.16. The van der Waals surface area contributed by atoms with Crippen LogP contribution >= 0.6 is 0 Å². The smallest absolute Gasteiger partial charge is 0.339 e. The number of aryl methyl sites for hydroxylation is 1. The molecule has 0 fully saturated rings. The fourth-order valence-electron chi connectivity index (χ4n) is 2.75. The van der Waals surface area contributed by atoms with Crippen LogP contribution in [0.2, 0.25) is 0 Å². The molecule has 0 N–H and O–H groups in total. The van der Waals surface area contributed by atoms with Gasteiger partial charge in [-0.3, -0.25) is 4.79 Å². The van der Waals surface area contributed by atoms with E-state index in [2.05, 4.69) is 0 Å². The van der Waals surface area contributed by atoms with E-state index in [4.69, 9.17) is 9.15 Å². The molecule has 1 aliphatic rings. The third kappa shape index (κ3) is 2.93. The van der Waals surface area contributed by atoms with Gasteiger partial charge in [-0.1, -0.05) is 26.0 Å². The number of sulfonamides is 1. The van der Waals surface area contributed by atoms with Crippen molar-refractivity contribution in [2.24, 2.45) is 0 Å². The van der Waals surface area contributed by atoms with Crippen LogP contribution in [0.25, 0.3) is 0 Å². The number of amides is 1. The third-order valence-corrected chi connectivity index (χ3v) is 5.65. The van der Waals surface area contributed by atoms with E-state index >= 15 is 0 Å². The first-order valence-electron chi connectivity index (χ1n) is 7.66. The average Bonchev–Trinajstić information content (AvgIpc) is 2.71. The van der Waals surface area contributed by atoms with Crippen LogP contribution < -0.4 is 10.4 Å². The number of rotatable bonds is 4. The zero-order chi connectivity index (χ0) is 18.4. The molecule has 0 bridgehead atoms. The summed E-state index contributed by atoms with van der Waals surface area (Å²) in [5, 5.41) is 0. The Morgan fingerprint density at radius 2 is 1.92 bits per heavy atom. The normalized spacial score (nSPS) is 15.5. The summed E-state index contributed by atoms with van der Waals surface area (Å²) in [6, 6.07) is 7.31. The summed E-state index contributed by atoms with van der Waals surface area (Å²) >= 11 is 0. The predicted octanol–water partition coefficient (Wildman–Crippen LogP) is 2.25. The van der Waals surface area contributed by atoms with Crippen molar-refractivity contribution in [3.8, 4) is 5.75 Å². The second-order valence-corrected chi connectivity index (χ2v) is 7.86. The fourth-order valence-corrected chi connectivity index (χ4v) is 4.20. The number of carbonyl (C=O) groups excluding carboxylic acids is 1. The summed E-state index contributed by atoms with van der Waals surface area (Å²) in [6.45, 7) is 4.83. The van der Waals surface area contributed by atoms with Crippen LogP contribution in [0.15, 0.2) is 44.4 Å². The van der Waals surface area contributed by atoms with Gasteiger partial charge in [-0.2, -0.15) is 4.31 Å². The first-order chi connectivity index (χ1) is 11.7. The minimum absolute atomic E-state index is 0.00336. The van der Waals surface area contributed by atoms with Gasteiger partial charge >= 0.3 is 5.63 Å². The number of ether oxygens (including phenoxy) is 1. The van der Waals surface area contributed by atoms with Gasteiger partial charge in [0, 0.05) is 6.07 Å². The molecule has 1 aromatic heterocycles.